The van der Waals surface area contributed by atoms with E-state index < -0.39 is 0 Å². The van der Waals surface area contributed by atoms with E-state index in [1.54, 1.807) is 0 Å². The zero-order chi connectivity index (χ0) is 24.9. The Bertz CT molecular complexity index is 1190. The maximum Gasteiger partial charge on any atom is 0.253 e. The minimum Gasteiger partial charge on any atom is -0.378 e. The average Bonchev–Trinajstić information content (AvgIpc) is 2.94. The number of anilines is 1. The summed E-state index contributed by atoms with van der Waals surface area (Å²) in [6.45, 7) is 8.38. The molecule has 1 fully saturated rings. The van der Waals surface area contributed by atoms with Crippen LogP contribution in [-0.4, -0.2) is 65.2 Å². The predicted molar refractivity (Wildman–Crippen MR) is 141 cm³/mol. The van der Waals surface area contributed by atoms with E-state index in [4.69, 9.17) is 14.7 Å². The number of nitrogens with zero attached hydrogens (tertiary/aromatic N) is 5. The standard InChI is InChI=1S/C29H35N5O2/c1-3-33(4-2)28(35)24-9-5-8-23(19-24)27-25-11-10-21(17-22-7-6-12-30-20-22)18-26(25)31-29(32-27)34-13-15-36-16-14-34/h5-9,12,19-21H,3-4,10-11,13-18H2,1-2H3. The Morgan fingerprint density at radius 1 is 1.11 bits per heavy atom. The quantitative estimate of drug-likeness (QED) is 0.499. The molecule has 5 rings (SSSR count). The van der Waals surface area contributed by atoms with Gasteiger partial charge in [0, 0.05) is 55.3 Å². The maximum absolute atomic E-state index is 13.1. The van der Waals surface area contributed by atoms with Crippen LogP contribution in [0.15, 0.2) is 48.8 Å². The van der Waals surface area contributed by atoms with Gasteiger partial charge in [-0.3, -0.25) is 9.78 Å². The van der Waals surface area contributed by atoms with Crippen molar-refractivity contribution in [3.8, 4) is 11.3 Å². The van der Waals surface area contributed by atoms with E-state index in [9.17, 15) is 4.79 Å². The Morgan fingerprint density at radius 2 is 1.94 bits per heavy atom. The minimum absolute atomic E-state index is 0.0645. The van der Waals surface area contributed by atoms with Gasteiger partial charge in [-0.2, -0.15) is 0 Å². The molecule has 0 radical (unpaired) electrons. The first kappa shape index (κ1) is 24.4. The maximum atomic E-state index is 13.1. The number of rotatable bonds is 7. The monoisotopic (exact) mass is 485 g/mol. The molecule has 1 amide bonds. The van der Waals surface area contributed by atoms with Gasteiger partial charge in [-0.1, -0.05) is 18.2 Å². The van der Waals surface area contributed by atoms with Crippen LogP contribution in [0.4, 0.5) is 5.95 Å². The molecule has 2 aromatic heterocycles. The summed E-state index contributed by atoms with van der Waals surface area (Å²) in [4.78, 5) is 31.6. The van der Waals surface area contributed by atoms with Crippen molar-refractivity contribution in [2.75, 3.05) is 44.3 Å². The Labute approximate surface area is 213 Å². The molecule has 7 nitrogen and oxygen atoms in total. The number of morpholine rings is 1. The molecule has 0 N–H and O–H groups in total. The number of aromatic nitrogens is 3. The highest BCUT2D eigenvalue weighted by molar-refractivity contribution is 5.95. The lowest BCUT2D eigenvalue weighted by Gasteiger charge is -2.30. The number of fused-ring (bicyclic) bond motifs is 1. The van der Waals surface area contributed by atoms with Gasteiger partial charge in [0.25, 0.3) is 5.91 Å². The van der Waals surface area contributed by atoms with Gasteiger partial charge in [-0.05, 0) is 69.2 Å². The molecular weight excluding hydrogens is 450 g/mol. The first-order valence-corrected chi connectivity index (χ1v) is 13.2. The molecule has 2 aliphatic rings. The van der Waals surface area contributed by atoms with E-state index in [0.717, 1.165) is 61.7 Å². The average molecular weight is 486 g/mol. The van der Waals surface area contributed by atoms with E-state index in [2.05, 4.69) is 22.0 Å². The normalized spacial score (nSPS) is 17.5. The number of carbonyl (C=O) groups excluding carboxylic acids is 1. The van der Waals surface area contributed by atoms with E-state index in [-0.39, 0.29) is 5.91 Å². The van der Waals surface area contributed by atoms with Crippen molar-refractivity contribution in [2.24, 2.45) is 5.92 Å². The second-order valence-electron chi connectivity index (χ2n) is 9.63. The zero-order valence-electron chi connectivity index (χ0n) is 21.3. The van der Waals surface area contributed by atoms with Crippen LogP contribution in [0.5, 0.6) is 0 Å². The molecule has 3 aromatic rings. The van der Waals surface area contributed by atoms with Gasteiger partial charge in [-0.15, -0.1) is 0 Å². The van der Waals surface area contributed by atoms with Crippen LogP contribution in [0.1, 0.15) is 47.4 Å². The molecule has 1 saturated heterocycles. The topological polar surface area (TPSA) is 71.5 Å². The molecule has 188 valence electrons. The van der Waals surface area contributed by atoms with Gasteiger partial charge < -0.3 is 14.5 Å². The van der Waals surface area contributed by atoms with Crippen molar-refractivity contribution < 1.29 is 9.53 Å². The molecule has 0 saturated carbocycles. The van der Waals surface area contributed by atoms with Crippen LogP contribution >= 0.6 is 0 Å². The second kappa shape index (κ2) is 11.2. The summed E-state index contributed by atoms with van der Waals surface area (Å²) in [5, 5.41) is 0. The van der Waals surface area contributed by atoms with Crippen molar-refractivity contribution in [1.29, 1.82) is 0 Å². The van der Waals surface area contributed by atoms with Crippen LogP contribution < -0.4 is 4.90 Å². The first-order chi connectivity index (χ1) is 17.7. The van der Waals surface area contributed by atoms with Crippen LogP contribution in [-0.2, 0) is 24.0 Å². The number of hydrogen-bond donors (Lipinski definition) is 0. The smallest absolute Gasteiger partial charge is 0.253 e. The minimum atomic E-state index is 0.0645. The summed E-state index contributed by atoms with van der Waals surface area (Å²) in [6.07, 6.45) is 7.76. The van der Waals surface area contributed by atoms with Crippen molar-refractivity contribution >= 4 is 11.9 Å². The molecule has 3 heterocycles. The van der Waals surface area contributed by atoms with Gasteiger partial charge >= 0.3 is 0 Å². The summed E-state index contributed by atoms with van der Waals surface area (Å²) in [7, 11) is 0. The van der Waals surface area contributed by atoms with Gasteiger partial charge in [0.1, 0.15) is 0 Å². The van der Waals surface area contributed by atoms with Gasteiger partial charge in [0.15, 0.2) is 0 Å². The fourth-order valence-electron chi connectivity index (χ4n) is 5.34. The van der Waals surface area contributed by atoms with Crippen LogP contribution in [0.3, 0.4) is 0 Å². The number of ether oxygens (including phenoxy) is 1. The highest BCUT2D eigenvalue weighted by Gasteiger charge is 2.27. The third kappa shape index (κ3) is 5.26. The molecule has 1 aliphatic carbocycles. The van der Waals surface area contributed by atoms with E-state index in [1.165, 1.54) is 11.1 Å². The molecular formula is C29H35N5O2. The number of amides is 1. The fraction of sp³-hybridized carbons (Fsp3) is 0.448. The lowest BCUT2D eigenvalue weighted by Crippen LogP contribution is -2.38. The lowest BCUT2D eigenvalue weighted by atomic mass is 9.82. The molecule has 36 heavy (non-hydrogen) atoms. The number of carbonyl (C=O) groups is 1. The molecule has 0 bridgehead atoms. The van der Waals surface area contributed by atoms with Crippen LogP contribution in [0.25, 0.3) is 11.3 Å². The van der Waals surface area contributed by atoms with Crippen molar-refractivity contribution in [2.45, 2.75) is 39.5 Å². The lowest BCUT2D eigenvalue weighted by molar-refractivity contribution is 0.0773. The summed E-state index contributed by atoms with van der Waals surface area (Å²) < 4.78 is 5.57. The summed E-state index contributed by atoms with van der Waals surface area (Å²) in [6, 6.07) is 12.1. The molecule has 1 atom stereocenters. The number of hydrogen-bond acceptors (Lipinski definition) is 6. The number of benzene rings is 1. The van der Waals surface area contributed by atoms with Gasteiger partial charge in [0.2, 0.25) is 5.95 Å². The van der Waals surface area contributed by atoms with Crippen molar-refractivity contribution in [3.63, 3.8) is 0 Å². The van der Waals surface area contributed by atoms with Crippen LogP contribution in [0, 0.1) is 5.92 Å². The third-order valence-electron chi connectivity index (χ3n) is 7.34. The van der Waals surface area contributed by atoms with Gasteiger partial charge in [-0.25, -0.2) is 9.97 Å². The van der Waals surface area contributed by atoms with Crippen molar-refractivity contribution in [1.82, 2.24) is 19.9 Å². The van der Waals surface area contributed by atoms with Gasteiger partial charge in [0.05, 0.1) is 24.6 Å². The molecule has 7 heteroatoms. The summed E-state index contributed by atoms with van der Waals surface area (Å²) in [5.74, 6) is 1.36. The Balaban J connectivity index is 1.51. The molecule has 1 aromatic carbocycles. The zero-order valence-corrected chi connectivity index (χ0v) is 21.3. The SMILES string of the molecule is CCN(CC)C(=O)c1cccc(-c2nc(N3CCOCC3)nc3c2CCC(Cc2cccnc2)C3)c1. The van der Waals surface area contributed by atoms with E-state index >= 15 is 0 Å². The number of pyridine rings is 1. The molecule has 0 spiro atoms. The third-order valence-corrected chi connectivity index (χ3v) is 7.34. The fourth-order valence-corrected chi connectivity index (χ4v) is 5.34. The summed E-state index contributed by atoms with van der Waals surface area (Å²) >= 11 is 0. The van der Waals surface area contributed by atoms with Crippen LogP contribution in [0.2, 0.25) is 0 Å². The highest BCUT2D eigenvalue weighted by Crippen LogP contribution is 2.35. The van der Waals surface area contributed by atoms with Crippen molar-refractivity contribution in [3.05, 3.63) is 71.2 Å². The first-order valence-electron chi connectivity index (χ1n) is 13.2. The molecule has 1 unspecified atom stereocenters. The second-order valence-corrected chi connectivity index (χ2v) is 9.63. The van der Waals surface area contributed by atoms with E-state index in [1.807, 2.05) is 55.4 Å². The summed E-state index contributed by atoms with van der Waals surface area (Å²) in [5.41, 5.74) is 6.31. The highest BCUT2D eigenvalue weighted by atomic mass is 16.5. The Kier molecular flexibility index (Phi) is 7.56. The Morgan fingerprint density at radius 3 is 2.69 bits per heavy atom. The predicted octanol–water partition coefficient (Wildman–Crippen LogP) is 4.20. The largest absolute Gasteiger partial charge is 0.378 e. The molecule has 1 aliphatic heterocycles. The Hall–Kier alpha value is -3.32. The van der Waals surface area contributed by atoms with E-state index in [0.29, 0.717) is 37.8 Å².